The van der Waals surface area contributed by atoms with Gasteiger partial charge >= 0.3 is 5.97 Å². The lowest BCUT2D eigenvalue weighted by atomic mass is 10.1. The van der Waals surface area contributed by atoms with Crippen LogP contribution in [-0.4, -0.2) is 56.1 Å². The number of benzene rings is 1. The second kappa shape index (κ2) is 9.45. The summed E-state index contributed by atoms with van der Waals surface area (Å²) < 4.78 is 14.9. The molecule has 9 nitrogen and oxygen atoms in total. The predicted octanol–water partition coefficient (Wildman–Crippen LogP) is 2.03. The Morgan fingerprint density at radius 1 is 1.20 bits per heavy atom. The van der Waals surface area contributed by atoms with Crippen LogP contribution in [0.15, 0.2) is 12.1 Å². The molecule has 0 bridgehead atoms. The molecule has 0 spiro atoms. The molecule has 0 saturated carbocycles. The van der Waals surface area contributed by atoms with Gasteiger partial charge in [-0.25, -0.2) is 4.79 Å². The third-order valence-corrected chi connectivity index (χ3v) is 3.52. The van der Waals surface area contributed by atoms with E-state index in [1.165, 1.54) is 19.1 Å². The van der Waals surface area contributed by atoms with Crippen molar-refractivity contribution in [1.29, 1.82) is 0 Å². The molecular formula is C16H22N2O7. The second-order valence-electron chi connectivity index (χ2n) is 5.23. The van der Waals surface area contributed by atoms with E-state index in [4.69, 9.17) is 14.2 Å². The number of rotatable bonds is 9. The summed E-state index contributed by atoms with van der Waals surface area (Å²) in [6.45, 7) is 2.04. The van der Waals surface area contributed by atoms with E-state index < -0.39 is 23.2 Å². The molecule has 0 aliphatic carbocycles. The largest absolute Gasteiger partial charge is 0.493 e. The topological polar surface area (TPSA) is 108 Å². The minimum absolute atomic E-state index is 0.112. The highest BCUT2D eigenvalue weighted by Crippen LogP contribution is 2.34. The number of hydrogen-bond acceptors (Lipinski definition) is 7. The maximum absolute atomic E-state index is 12.2. The van der Waals surface area contributed by atoms with Gasteiger partial charge in [0, 0.05) is 19.7 Å². The first-order valence-electron chi connectivity index (χ1n) is 7.67. The number of nitro benzene ring substituents is 1. The monoisotopic (exact) mass is 354 g/mol. The maximum Gasteiger partial charge on any atom is 0.345 e. The number of carbonyl (C=O) groups excluding carboxylic acids is 2. The quantitative estimate of drug-likeness (QED) is 0.379. The number of carbonyl (C=O) groups is 2. The van der Waals surface area contributed by atoms with Crippen LogP contribution < -0.4 is 9.47 Å². The normalized spacial score (nSPS) is 10.1. The first-order valence-corrected chi connectivity index (χ1v) is 7.67. The lowest BCUT2D eigenvalue weighted by Crippen LogP contribution is -2.32. The number of amides is 1. The lowest BCUT2D eigenvalue weighted by Gasteiger charge is -2.16. The summed E-state index contributed by atoms with van der Waals surface area (Å²) in [6.07, 6.45) is 1.76. The summed E-state index contributed by atoms with van der Waals surface area (Å²) in [5.41, 5.74) is -0.805. The SMILES string of the molecule is CCCCN(C)C(=O)COC(=O)c1cc(OC)c(OC)cc1[N+](=O)[O-]. The molecule has 0 radical (unpaired) electrons. The van der Waals surface area contributed by atoms with Gasteiger partial charge in [0.25, 0.3) is 11.6 Å². The van der Waals surface area contributed by atoms with Gasteiger partial charge < -0.3 is 19.1 Å². The second-order valence-corrected chi connectivity index (χ2v) is 5.23. The Balaban J connectivity index is 2.93. The summed E-state index contributed by atoms with van der Waals surface area (Å²) in [7, 11) is 4.26. The van der Waals surface area contributed by atoms with Gasteiger partial charge in [-0.3, -0.25) is 14.9 Å². The highest BCUT2D eigenvalue weighted by atomic mass is 16.6. The highest BCUT2D eigenvalue weighted by Gasteiger charge is 2.26. The molecule has 0 aliphatic rings. The van der Waals surface area contributed by atoms with Crippen LogP contribution in [0.2, 0.25) is 0 Å². The summed E-state index contributed by atoms with van der Waals surface area (Å²) in [6, 6.07) is 2.23. The van der Waals surface area contributed by atoms with Crippen LogP contribution in [0.25, 0.3) is 0 Å². The zero-order valence-electron chi connectivity index (χ0n) is 14.7. The number of ether oxygens (including phenoxy) is 3. The Bertz CT molecular complexity index is 646. The van der Waals surface area contributed by atoms with Crippen molar-refractivity contribution >= 4 is 17.6 Å². The van der Waals surface area contributed by atoms with Crippen molar-refractivity contribution in [3.05, 3.63) is 27.8 Å². The molecule has 138 valence electrons. The Morgan fingerprint density at radius 2 is 1.80 bits per heavy atom. The molecule has 1 amide bonds. The molecule has 1 aromatic rings. The van der Waals surface area contributed by atoms with E-state index in [2.05, 4.69) is 0 Å². The van der Waals surface area contributed by atoms with Crippen LogP contribution in [-0.2, 0) is 9.53 Å². The standard InChI is InChI=1S/C16H22N2O7/c1-5-6-7-17(2)15(19)10-25-16(20)11-8-13(23-3)14(24-4)9-12(11)18(21)22/h8-9H,5-7,10H2,1-4H3. The average Bonchev–Trinajstić information content (AvgIpc) is 2.62. The van der Waals surface area contributed by atoms with Gasteiger partial charge in [-0.15, -0.1) is 0 Å². The third-order valence-electron chi connectivity index (χ3n) is 3.52. The van der Waals surface area contributed by atoms with Crippen molar-refractivity contribution in [2.75, 3.05) is 34.4 Å². The van der Waals surface area contributed by atoms with Gasteiger partial charge in [-0.2, -0.15) is 0 Å². The summed E-state index contributed by atoms with van der Waals surface area (Å²) >= 11 is 0. The van der Waals surface area contributed by atoms with Gasteiger partial charge in [-0.05, 0) is 6.42 Å². The summed E-state index contributed by atoms with van der Waals surface area (Å²) in [5.74, 6) is -1.11. The van der Waals surface area contributed by atoms with Crippen LogP contribution in [0.3, 0.4) is 0 Å². The summed E-state index contributed by atoms with van der Waals surface area (Å²) in [4.78, 5) is 36.0. The van der Waals surface area contributed by atoms with Crippen molar-refractivity contribution in [3.63, 3.8) is 0 Å². The number of hydrogen-bond donors (Lipinski definition) is 0. The molecule has 25 heavy (non-hydrogen) atoms. The van der Waals surface area contributed by atoms with Gasteiger partial charge in [0.05, 0.1) is 25.2 Å². The minimum Gasteiger partial charge on any atom is -0.493 e. The van der Waals surface area contributed by atoms with Gasteiger partial charge in [-0.1, -0.05) is 13.3 Å². The fraction of sp³-hybridized carbons (Fsp3) is 0.500. The maximum atomic E-state index is 12.2. The number of unbranched alkanes of at least 4 members (excludes halogenated alkanes) is 1. The van der Waals surface area contributed by atoms with Gasteiger partial charge in [0.15, 0.2) is 18.1 Å². The first kappa shape index (κ1) is 20.2. The van der Waals surface area contributed by atoms with Crippen molar-refractivity contribution in [2.45, 2.75) is 19.8 Å². The first-order chi connectivity index (χ1) is 11.8. The average molecular weight is 354 g/mol. The van der Waals surface area contributed by atoms with Crippen LogP contribution in [0.5, 0.6) is 11.5 Å². The van der Waals surface area contributed by atoms with Crippen molar-refractivity contribution < 1.29 is 28.7 Å². The molecular weight excluding hydrogens is 332 g/mol. The smallest absolute Gasteiger partial charge is 0.345 e. The van der Waals surface area contributed by atoms with E-state index in [1.807, 2.05) is 6.92 Å². The number of methoxy groups -OCH3 is 2. The fourth-order valence-corrected chi connectivity index (χ4v) is 2.02. The minimum atomic E-state index is -0.982. The van der Waals surface area contributed by atoms with Crippen LogP contribution in [0.4, 0.5) is 5.69 Å². The molecule has 1 aromatic carbocycles. The van der Waals surface area contributed by atoms with E-state index in [0.717, 1.165) is 25.0 Å². The third kappa shape index (κ3) is 5.33. The Labute approximate surface area is 145 Å². The highest BCUT2D eigenvalue weighted by molar-refractivity contribution is 5.96. The van der Waals surface area contributed by atoms with Crippen molar-refractivity contribution in [2.24, 2.45) is 0 Å². The molecule has 0 aromatic heterocycles. The molecule has 0 saturated heterocycles. The van der Waals surface area contributed by atoms with E-state index in [1.54, 1.807) is 7.05 Å². The molecule has 0 heterocycles. The van der Waals surface area contributed by atoms with Crippen molar-refractivity contribution in [1.82, 2.24) is 4.90 Å². The molecule has 0 N–H and O–H groups in total. The predicted molar refractivity (Wildman–Crippen MR) is 89.0 cm³/mol. The number of nitro groups is 1. The zero-order chi connectivity index (χ0) is 19.0. The number of likely N-dealkylation sites (N-methyl/N-ethyl adjacent to an activating group) is 1. The van der Waals surface area contributed by atoms with E-state index in [9.17, 15) is 19.7 Å². The lowest BCUT2D eigenvalue weighted by molar-refractivity contribution is -0.385. The van der Waals surface area contributed by atoms with Crippen molar-refractivity contribution in [3.8, 4) is 11.5 Å². The Kier molecular flexibility index (Phi) is 7.64. The zero-order valence-corrected chi connectivity index (χ0v) is 14.7. The molecule has 0 aliphatic heterocycles. The van der Waals surface area contributed by atoms with Gasteiger partial charge in [0.1, 0.15) is 5.56 Å². The molecule has 0 unspecified atom stereocenters. The Morgan fingerprint density at radius 3 is 2.32 bits per heavy atom. The van der Waals surface area contributed by atoms with Crippen LogP contribution in [0, 0.1) is 10.1 Å². The molecule has 1 rings (SSSR count). The number of nitrogens with zero attached hydrogens (tertiary/aromatic N) is 2. The fourth-order valence-electron chi connectivity index (χ4n) is 2.02. The Hall–Kier alpha value is -2.84. The van der Waals surface area contributed by atoms with E-state index in [-0.39, 0.29) is 23.0 Å². The van der Waals surface area contributed by atoms with Gasteiger partial charge in [0.2, 0.25) is 0 Å². The van der Waals surface area contributed by atoms with Crippen LogP contribution in [0.1, 0.15) is 30.1 Å². The van der Waals surface area contributed by atoms with E-state index >= 15 is 0 Å². The van der Waals surface area contributed by atoms with E-state index in [0.29, 0.717) is 6.54 Å². The number of esters is 1. The summed E-state index contributed by atoms with van der Waals surface area (Å²) in [5, 5.41) is 11.2. The molecule has 0 atom stereocenters. The van der Waals surface area contributed by atoms with Crippen LogP contribution >= 0.6 is 0 Å². The molecule has 9 heteroatoms. The molecule has 0 fully saturated rings.